The predicted molar refractivity (Wildman–Crippen MR) is 71.6 cm³/mol. The summed E-state index contributed by atoms with van der Waals surface area (Å²) in [6.07, 6.45) is 0.743. The molecule has 5 heteroatoms. The average molecular weight is 261 g/mol. The molecule has 0 bridgehead atoms. The van der Waals surface area contributed by atoms with Crippen molar-refractivity contribution in [1.82, 2.24) is 15.5 Å². The molecular formula is C14H19N3O2. The van der Waals surface area contributed by atoms with E-state index in [1.807, 2.05) is 19.1 Å². The summed E-state index contributed by atoms with van der Waals surface area (Å²) in [7, 11) is 1.71. The normalized spacial score (nSPS) is 10.8. The zero-order chi connectivity index (χ0) is 13.5. The Hall–Kier alpha value is -1.72. The van der Waals surface area contributed by atoms with Crippen LogP contribution in [-0.2, 0) is 24.3 Å². The maximum absolute atomic E-state index is 5.19. The zero-order valence-electron chi connectivity index (χ0n) is 11.3. The molecule has 1 N–H and O–H groups in total. The Morgan fingerprint density at radius 3 is 2.74 bits per heavy atom. The standard InChI is InChI=1S/C14H19N3O2/c1-11-16-14(19-17-11)7-8-15-9-12-5-3-4-6-13(12)10-18-2/h3-6,15H,7-10H2,1-2H3. The fraction of sp³-hybridized carbons (Fsp3) is 0.429. The largest absolute Gasteiger partial charge is 0.380 e. The molecule has 0 aliphatic heterocycles. The highest BCUT2D eigenvalue weighted by Crippen LogP contribution is 2.09. The van der Waals surface area contributed by atoms with Crippen molar-refractivity contribution in [1.29, 1.82) is 0 Å². The molecular weight excluding hydrogens is 242 g/mol. The molecule has 102 valence electrons. The highest BCUT2D eigenvalue weighted by Gasteiger charge is 2.03. The van der Waals surface area contributed by atoms with Crippen molar-refractivity contribution in [2.24, 2.45) is 0 Å². The number of methoxy groups -OCH3 is 1. The summed E-state index contributed by atoms with van der Waals surface area (Å²) in [6, 6.07) is 8.26. The Kier molecular flexibility index (Phi) is 5.06. The highest BCUT2D eigenvalue weighted by atomic mass is 16.5. The molecule has 0 fully saturated rings. The summed E-state index contributed by atoms with van der Waals surface area (Å²) in [6.45, 7) is 4.08. The van der Waals surface area contributed by atoms with Gasteiger partial charge in [0.05, 0.1) is 6.61 Å². The van der Waals surface area contributed by atoms with Crippen molar-refractivity contribution in [2.75, 3.05) is 13.7 Å². The second-order valence-corrected chi connectivity index (χ2v) is 4.36. The molecule has 0 aliphatic rings. The van der Waals surface area contributed by atoms with E-state index >= 15 is 0 Å². The van der Waals surface area contributed by atoms with Crippen molar-refractivity contribution < 1.29 is 9.26 Å². The van der Waals surface area contributed by atoms with Gasteiger partial charge in [0.25, 0.3) is 0 Å². The van der Waals surface area contributed by atoms with Crippen molar-refractivity contribution >= 4 is 0 Å². The Bertz CT molecular complexity index is 511. The molecule has 1 aromatic heterocycles. The molecule has 0 spiro atoms. The minimum atomic E-state index is 0.640. The summed E-state index contributed by atoms with van der Waals surface area (Å²) in [5.41, 5.74) is 2.47. The molecule has 5 nitrogen and oxygen atoms in total. The third kappa shape index (κ3) is 4.15. The molecule has 0 amide bonds. The third-order valence-electron chi connectivity index (χ3n) is 2.82. The van der Waals surface area contributed by atoms with E-state index in [1.54, 1.807) is 7.11 Å². The van der Waals surface area contributed by atoms with Crippen LogP contribution >= 0.6 is 0 Å². The fourth-order valence-corrected chi connectivity index (χ4v) is 1.89. The first-order valence-corrected chi connectivity index (χ1v) is 6.35. The van der Waals surface area contributed by atoms with Crippen LogP contribution in [0.15, 0.2) is 28.8 Å². The van der Waals surface area contributed by atoms with Gasteiger partial charge in [0.15, 0.2) is 5.82 Å². The molecule has 2 rings (SSSR count). The van der Waals surface area contributed by atoms with Crippen LogP contribution in [0, 0.1) is 6.92 Å². The molecule has 0 unspecified atom stereocenters. The quantitative estimate of drug-likeness (QED) is 0.771. The van der Waals surface area contributed by atoms with Gasteiger partial charge < -0.3 is 14.6 Å². The molecule has 1 heterocycles. The summed E-state index contributed by atoms with van der Waals surface area (Å²) < 4.78 is 10.2. The second-order valence-electron chi connectivity index (χ2n) is 4.36. The molecule has 0 aliphatic carbocycles. The van der Waals surface area contributed by atoms with E-state index in [1.165, 1.54) is 11.1 Å². The lowest BCUT2D eigenvalue weighted by molar-refractivity contribution is 0.184. The van der Waals surface area contributed by atoms with Gasteiger partial charge in [0.2, 0.25) is 5.89 Å². The van der Waals surface area contributed by atoms with Crippen LogP contribution in [0.3, 0.4) is 0 Å². The van der Waals surface area contributed by atoms with Gasteiger partial charge in [0, 0.05) is 26.6 Å². The predicted octanol–water partition coefficient (Wildman–Crippen LogP) is 1.86. The monoisotopic (exact) mass is 261 g/mol. The van der Waals surface area contributed by atoms with Crippen LogP contribution in [0.25, 0.3) is 0 Å². The first kappa shape index (κ1) is 13.7. The highest BCUT2D eigenvalue weighted by molar-refractivity contribution is 5.26. The molecule has 2 aromatic rings. The number of nitrogens with zero attached hydrogens (tertiary/aromatic N) is 2. The number of benzene rings is 1. The minimum absolute atomic E-state index is 0.640. The number of ether oxygens (including phenoxy) is 1. The number of hydrogen-bond donors (Lipinski definition) is 1. The topological polar surface area (TPSA) is 60.2 Å². The Morgan fingerprint density at radius 1 is 1.26 bits per heavy atom. The lowest BCUT2D eigenvalue weighted by Gasteiger charge is -2.09. The van der Waals surface area contributed by atoms with E-state index in [0.29, 0.717) is 18.3 Å². The molecule has 0 radical (unpaired) electrons. The van der Waals surface area contributed by atoms with E-state index in [-0.39, 0.29) is 0 Å². The van der Waals surface area contributed by atoms with Gasteiger partial charge in [-0.05, 0) is 18.1 Å². The van der Waals surface area contributed by atoms with Gasteiger partial charge in [-0.25, -0.2) is 0 Å². The first-order valence-electron chi connectivity index (χ1n) is 6.35. The van der Waals surface area contributed by atoms with Crippen LogP contribution in [0.2, 0.25) is 0 Å². The maximum Gasteiger partial charge on any atom is 0.227 e. The molecule has 1 aromatic carbocycles. The van der Waals surface area contributed by atoms with Crippen LogP contribution in [0.4, 0.5) is 0 Å². The van der Waals surface area contributed by atoms with Gasteiger partial charge in [-0.1, -0.05) is 29.4 Å². The third-order valence-corrected chi connectivity index (χ3v) is 2.82. The minimum Gasteiger partial charge on any atom is -0.380 e. The van der Waals surface area contributed by atoms with Gasteiger partial charge in [-0.3, -0.25) is 0 Å². The van der Waals surface area contributed by atoms with E-state index in [9.17, 15) is 0 Å². The Morgan fingerprint density at radius 2 is 2.05 bits per heavy atom. The number of aromatic nitrogens is 2. The zero-order valence-corrected chi connectivity index (χ0v) is 11.3. The Labute approximate surface area is 113 Å². The summed E-state index contributed by atoms with van der Waals surface area (Å²) >= 11 is 0. The van der Waals surface area contributed by atoms with Crippen LogP contribution in [0.5, 0.6) is 0 Å². The van der Waals surface area contributed by atoms with Crippen molar-refractivity contribution in [2.45, 2.75) is 26.5 Å². The number of aryl methyl sites for hydroxylation is 1. The summed E-state index contributed by atoms with van der Waals surface area (Å²) in [5, 5.41) is 7.14. The molecule has 0 atom stereocenters. The SMILES string of the molecule is COCc1ccccc1CNCCc1nc(C)no1. The lowest BCUT2D eigenvalue weighted by Crippen LogP contribution is -2.18. The number of nitrogens with one attached hydrogen (secondary N) is 1. The second kappa shape index (κ2) is 7.01. The van der Waals surface area contributed by atoms with E-state index in [2.05, 4.69) is 27.6 Å². The summed E-state index contributed by atoms with van der Waals surface area (Å²) in [5.74, 6) is 1.36. The van der Waals surface area contributed by atoms with E-state index in [4.69, 9.17) is 9.26 Å². The van der Waals surface area contributed by atoms with Crippen molar-refractivity contribution in [3.8, 4) is 0 Å². The van der Waals surface area contributed by atoms with Gasteiger partial charge >= 0.3 is 0 Å². The number of hydrogen-bond acceptors (Lipinski definition) is 5. The summed E-state index contributed by atoms with van der Waals surface area (Å²) in [4.78, 5) is 4.16. The van der Waals surface area contributed by atoms with Gasteiger partial charge in [-0.2, -0.15) is 4.98 Å². The van der Waals surface area contributed by atoms with Gasteiger partial charge in [-0.15, -0.1) is 0 Å². The molecule has 0 saturated carbocycles. The van der Waals surface area contributed by atoms with Crippen LogP contribution < -0.4 is 5.32 Å². The lowest BCUT2D eigenvalue weighted by atomic mass is 10.1. The van der Waals surface area contributed by atoms with Crippen LogP contribution in [0.1, 0.15) is 22.8 Å². The number of rotatable bonds is 7. The van der Waals surface area contributed by atoms with Crippen LogP contribution in [-0.4, -0.2) is 23.8 Å². The van der Waals surface area contributed by atoms with E-state index in [0.717, 1.165) is 19.5 Å². The van der Waals surface area contributed by atoms with Crippen molar-refractivity contribution in [3.63, 3.8) is 0 Å². The molecule has 19 heavy (non-hydrogen) atoms. The average Bonchev–Trinajstić information content (AvgIpc) is 2.83. The van der Waals surface area contributed by atoms with Gasteiger partial charge in [0.1, 0.15) is 0 Å². The maximum atomic E-state index is 5.19. The first-order chi connectivity index (χ1) is 9.29. The van der Waals surface area contributed by atoms with Crippen molar-refractivity contribution in [3.05, 3.63) is 47.1 Å². The Balaban J connectivity index is 1.79. The van der Waals surface area contributed by atoms with E-state index < -0.39 is 0 Å². The fourth-order valence-electron chi connectivity index (χ4n) is 1.89. The smallest absolute Gasteiger partial charge is 0.227 e. The molecule has 0 saturated heterocycles.